The summed E-state index contributed by atoms with van der Waals surface area (Å²) < 4.78 is 90.6. The summed E-state index contributed by atoms with van der Waals surface area (Å²) in [5, 5.41) is -0.0682. The molecule has 0 heterocycles. The van der Waals surface area contributed by atoms with E-state index >= 15 is 0 Å². The molecule has 8 heteroatoms. The lowest BCUT2D eigenvalue weighted by atomic mass is 10.1. The molecule has 0 radical (unpaired) electrons. The lowest BCUT2D eigenvalue weighted by molar-refractivity contribution is -0.189. The predicted octanol–water partition coefficient (Wildman–Crippen LogP) is 7.53. The van der Waals surface area contributed by atoms with Crippen molar-refractivity contribution in [2.24, 2.45) is 0 Å². The first-order valence-electron chi connectivity index (χ1n) is 9.36. The zero-order chi connectivity index (χ0) is 23.8. The highest BCUT2D eigenvalue weighted by atomic mass is 127. The number of fused-ring (bicyclic) bond motifs is 1. The van der Waals surface area contributed by atoms with Crippen LogP contribution in [-0.4, -0.2) is 0 Å². The molecule has 0 N–H and O–H groups in total. The third kappa shape index (κ3) is 4.78. The lowest BCUT2D eigenvalue weighted by Crippen LogP contribution is -2.25. The van der Waals surface area contributed by atoms with Crippen molar-refractivity contribution < 1.29 is 31.1 Å². The first-order valence-corrected chi connectivity index (χ1v) is 10.4. The van der Waals surface area contributed by atoms with Crippen LogP contribution in [-0.2, 0) is 6.11 Å². The van der Waals surface area contributed by atoms with Gasteiger partial charge in [-0.3, -0.25) is 0 Å². The minimum absolute atomic E-state index is 0.0184. The largest absolute Gasteiger partial charge is 0.432 e. The smallest absolute Gasteiger partial charge is 0.429 e. The maximum Gasteiger partial charge on any atom is 0.432 e. The summed E-state index contributed by atoms with van der Waals surface area (Å²) in [4.78, 5) is 0. The van der Waals surface area contributed by atoms with Crippen LogP contribution in [0.25, 0.3) is 10.8 Å². The van der Waals surface area contributed by atoms with Gasteiger partial charge in [0, 0.05) is 16.5 Å². The fraction of sp³-hybridized carbons (Fsp3) is 0.0400. The Morgan fingerprint density at radius 3 is 2.03 bits per heavy atom. The van der Waals surface area contributed by atoms with Crippen molar-refractivity contribution in [2.75, 3.05) is 0 Å². The average Bonchev–Trinajstić information content (AvgIpc) is 2.76. The molecule has 0 atom stereocenters. The van der Waals surface area contributed by atoms with Crippen molar-refractivity contribution in [3.8, 4) is 17.6 Å². The summed E-state index contributed by atoms with van der Waals surface area (Å²) in [7, 11) is 0. The van der Waals surface area contributed by atoms with Crippen molar-refractivity contribution in [3.05, 3.63) is 110 Å². The van der Waals surface area contributed by atoms with Gasteiger partial charge in [0.2, 0.25) is 0 Å². The molecular weight excluding hydrogens is 557 g/mol. The second kappa shape index (κ2) is 8.98. The average molecular weight is 568 g/mol. The summed E-state index contributed by atoms with van der Waals surface area (Å²) in [6.45, 7) is 0. The first kappa shape index (κ1) is 23.0. The molecule has 0 aliphatic carbocycles. The highest BCUT2D eigenvalue weighted by Gasteiger charge is 2.41. The van der Waals surface area contributed by atoms with Gasteiger partial charge in [-0.1, -0.05) is 30.0 Å². The minimum Gasteiger partial charge on any atom is -0.429 e. The molecule has 0 bridgehead atoms. The molecule has 0 aromatic heterocycles. The standard InChI is InChI=1S/C25H11F6IO/c26-19-10-15(7-6-14-4-2-1-3-5-14)11-20(27)22(19)25(30,31)33-17-8-9-18-16(12-17)13-21(28)24(32)23(18)29/h1-5,8-13H. The molecule has 0 saturated carbocycles. The molecule has 0 unspecified atom stereocenters. The van der Waals surface area contributed by atoms with E-state index in [9.17, 15) is 26.3 Å². The van der Waals surface area contributed by atoms with E-state index in [2.05, 4.69) is 16.6 Å². The highest BCUT2D eigenvalue weighted by molar-refractivity contribution is 14.1. The van der Waals surface area contributed by atoms with Crippen LogP contribution in [0.3, 0.4) is 0 Å². The van der Waals surface area contributed by atoms with Crippen molar-refractivity contribution in [2.45, 2.75) is 6.11 Å². The number of benzene rings is 4. The van der Waals surface area contributed by atoms with Gasteiger partial charge in [-0.25, -0.2) is 17.6 Å². The summed E-state index contributed by atoms with van der Waals surface area (Å²) in [6, 6.07) is 14.0. The van der Waals surface area contributed by atoms with E-state index in [1.165, 1.54) is 22.6 Å². The molecule has 4 aromatic rings. The molecule has 33 heavy (non-hydrogen) atoms. The fourth-order valence-electron chi connectivity index (χ4n) is 3.13. The maximum atomic E-state index is 14.7. The van der Waals surface area contributed by atoms with Crippen LogP contribution >= 0.6 is 22.6 Å². The molecule has 166 valence electrons. The molecule has 0 saturated heterocycles. The number of ether oxygens (including phenoxy) is 1. The monoisotopic (exact) mass is 568 g/mol. The number of rotatable bonds is 3. The molecule has 1 nitrogen and oxygen atoms in total. The van der Waals surface area contributed by atoms with Gasteiger partial charge >= 0.3 is 6.11 Å². The predicted molar refractivity (Wildman–Crippen MR) is 120 cm³/mol. The first-order chi connectivity index (χ1) is 15.7. The Labute approximate surface area is 198 Å². The summed E-state index contributed by atoms with van der Waals surface area (Å²) in [5.74, 6) is -0.167. The lowest BCUT2D eigenvalue weighted by Gasteiger charge is -2.20. The number of hydrogen-bond acceptors (Lipinski definition) is 1. The third-order valence-corrected chi connectivity index (χ3v) is 5.64. The molecule has 0 amide bonds. The van der Waals surface area contributed by atoms with E-state index in [0.717, 1.165) is 24.3 Å². The van der Waals surface area contributed by atoms with E-state index in [1.807, 2.05) is 0 Å². The van der Waals surface area contributed by atoms with E-state index in [1.54, 1.807) is 30.3 Å². The Morgan fingerprint density at radius 1 is 0.727 bits per heavy atom. The van der Waals surface area contributed by atoms with Gasteiger partial charge in [-0.05, 0) is 76.5 Å². The quantitative estimate of drug-likeness (QED) is 0.108. The van der Waals surface area contributed by atoms with Crippen molar-refractivity contribution in [3.63, 3.8) is 0 Å². The van der Waals surface area contributed by atoms with Gasteiger partial charge in [-0.15, -0.1) is 0 Å². The topological polar surface area (TPSA) is 9.23 Å². The maximum absolute atomic E-state index is 14.7. The van der Waals surface area contributed by atoms with Crippen molar-refractivity contribution in [1.29, 1.82) is 0 Å². The summed E-state index contributed by atoms with van der Waals surface area (Å²) in [6.07, 6.45) is -4.41. The molecule has 0 aliphatic rings. The molecule has 0 aliphatic heterocycles. The van der Waals surface area contributed by atoms with Crippen LogP contribution in [0.4, 0.5) is 26.3 Å². The fourth-order valence-corrected chi connectivity index (χ4v) is 3.58. The molecule has 0 fully saturated rings. The van der Waals surface area contributed by atoms with Crippen molar-refractivity contribution >= 4 is 33.4 Å². The van der Waals surface area contributed by atoms with Crippen LogP contribution in [0.15, 0.2) is 66.7 Å². The van der Waals surface area contributed by atoms with Gasteiger partial charge in [0.25, 0.3) is 0 Å². The van der Waals surface area contributed by atoms with Gasteiger partial charge < -0.3 is 4.74 Å². The van der Waals surface area contributed by atoms with Crippen LogP contribution in [0.1, 0.15) is 16.7 Å². The molecule has 0 spiro atoms. The van der Waals surface area contributed by atoms with Gasteiger partial charge in [0.05, 0.1) is 3.57 Å². The SMILES string of the molecule is Fc1cc2cc(OC(F)(F)c3c(F)cc(C#Cc4ccccc4)cc3F)ccc2c(F)c1I. The minimum atomic E-state index is -4.41. The van der Waals surface area contributed by atoms with Crippen LogP contribution < -0.4 is 4.74 Å². The summed E-state index contributed by atoms with van der Waals surface area (Å²) >= 11 is 1.48. The number of halogens is 7. The van der Waals surface area contributed by atoms with Crippen LogP contribution in [0, 0.1) is 38.7 Å². The van der Waals surface area contributed by atoms with Crippen LogP contribution in [0.2, 0.25) is 0 Å². The van der Waals surface area contributed by atoms with Gasteiger partial charge in [0.1, 0.15) is 34.6 Å². The number of alkyl halides is 2. The zero-order valence-corrected chi connectivity index (χ0v) is 18.6. The second-order valence-electron chi connectivity index (χ2n) is 6.92. The van der Waals surface area contributed by atoms with E-state index in [4.69, 9.17) is 0 Å². The van der Waals surface area contributed by atoms with Gasteiger partial charge in [-0.2, -0.15) is 8.78 Å². The van der Waals surface area contributed by atoms with Gasteiger partial charge in [0.15, 0.2) is 0 Å². The number of hydrogen-bond donors (Lipinski definition) is 0. The molecular formula is C25H11F6IO. The van der Waals surface area contributed by atoms with E-state index < -0.39 is 40.7 Å². The van der Waals surface area contributed by atoms with E-state index in [0.29, 0.717) is 17.7 Å². The van der Waals surface area contributed by atoms with Crippen LogP contribution in [0.5, 0.6) is 5.75 Å². The zero-order valence-electron chi connectivity index (χ0n) is 16.4. The Hall–Kier alpha value is -3.19. The highest BCUT2D eigenvalue weighted by Crippen LogP contribution is 2.37. The van der Waals surface area contributed by atoms with Crippen molar-refractivity contribution in [1.82, 2.24) is 0 Å². The molecule has 4 aromatic carbocycles. The summed E-state index contributed by atoms with van der Waals surface area (Å²) in [5.41, 5.74) is -1.16. The Balaban J connectivity index is 1.66. The normalized spacial score (nSPS) is 11.2. The Bertz CT molecular complexity index is 1400. The second-order valence-corrected chi connectivity index (χ2v) is 8.00. The Kier molecular flexibility index (Phi) is 6.26. The Morgan fingerprint density at radius 2 is 1.36 bits per heavy atom. The van der Waals surface area contributed by atoms with E-state index in [-0.39, 0.29) is 19.9 Å². The molecule has 4 rings (SSSR count). The third-order valence-electron chi connectivity index (χ3n) is 4.65.